The fourth-order valence-corrected chi connectivity index (χ4v) is 5.32. The van der Waals surface area contributed by atoms with Crippen molar-refractivity contribution in [2.45, 2.75) is 26.4 Å². The zero-order valence-corrected chi connectivity index (χ0v) is 21.6. The molecule has 3 aromatic rings. The number of hydrogen-bond donors (Lipinski definition) is 0. The summed E-state index contributed by atoms with van der Waals surface area (Å²) in [5.41, 5.74) is 2.33. The van der Waals surface area contributed by atoms with Crippen LogP contribution in [0, 0.1) is 0 Å². The highest BCUT2D eigenvalue weighted by atomic mass is 16.2. The van der Waals surface area contributed by atoms with Crippen LogP contribution < -0.4 is 0 Å². The second-order valence-corrected chi connectivity index (χ2v) is 10.2. The molecule has 3 amide bonds. The molecule has 0 saturated carbocycles. The van der Waals surface area contributed by atoms with E-state index < -0.39 is 0 Å². The predicted octanol–water partition coefficient (Wildman–Crippen LogP) is 3.49. The largest absolute Gasteiger partial charge is 0.335 e. The van der Waals surface area contributed by atoms with Crippen molar-refractivity contribution in [2.24, 2.45) is 0 Å². The molecule has 2 aliphatic heterocycles. The molecule has 192 valence electrons. The van der Waals surface area contributed by atoms with Crippen LogP contribution in [0.5, 0.6) is 0 Å². The van der Waals surface area contributed by atoms with E-state index in [4.69, 9.17) is 0 Å². The van der Waals surface area contributed by atoms with Gasteiger partial charge >= 0.3 is 0 Å². The Balaban J connectivity index is 1.14. The van der Waals surface area contributed by atoms with Crippen LogP contribution in [-0.2, 0) is 11.3 Å². The number of rotatable bonds is 8. The zero-order valence-electron chi connectivity index (χ0n) is 21.6. The summed E-state index contributed by atoms with van der Waals surface area (Å²) in [6.07, 6.45) is 0. The van der Waals surface area contributed by atoms with Crippen LogP contribution in [0.3, 0.4) is 0 Å². The number of imide groups is 1. The molecule has 5 rings (SSSR count). The molecule has 0 unspecified atom stereocenters. The van der Waals surface area contributed by atoms with Gasteiger partial charge in [0.2, 0.25) is 5.91 Å². The first kappa shape index (κ1) is 25.1. The normalized spacial score (nSPS) is 16.6. The summed E-state index contributed by atoms with van der Waals surface area (Å²) in [4.78, 5) is 47.2. The van der Waals surface area contributed by atoms with Crippen LogP contribution >= 0.6 is 0 Å². The summed E-state index contributed by atoms with van der Waals surface area (Å²) < 4.78 is 0. The van der Waals surface area contributed by atoms with Gasteiger partial charge in [0.25, 0.3) is 11.8 Å². The summed E-state index contributed by atoms with van der Waals surface area (Å²) >= 11 is 0. The van der Waals surface area contributed by atoms with E-state index in [2.05, 4.69) is 35.8 Å². The van der Waals surface area contributed by atoms with E-state index in [-0.39, 0.29) is 23.8 Å². The maximum Gasteiger partial charge on any atom is 0.261 e. The Morgan fingerprint density at radius 3 is 1.97 bits per heavy atom. The molecular weight excluding hydrogens is 464 g/mol. The Labute approximate surface area is 218 Å². The van der Waals surface area contributed by atoms with Gasteiger partial charge in [0, 0.05) is 68.4 Å². The van der Waals surface area contributed by atoms with Crippen molar-refractivity contribution < 1.29 is 14.4 Å². The third kappa shape index (κ3) is 5.29. The number of carbonyl (C=O) groups is 3. The fourth-order valence-electron chi connectivity index (χ4n) is 5.32. The van der Waals surface area contributed by atoms with Crippen LogP contribution in [0.15, 0.2) is 66.7 Å². The lowest BCUT2D eigenvalue weighted by atomic mass is 9.94. The van der Waals surface area contributed by atoms with Crippen LogP contribution in [-0.4, -0.2) is 89.2 Å². The van der Waals surface area contributed by atoms with Gasteiger partial charge < -0.3 is 4.90 Å². The van der Waals surface area contributed by atoms with Crippen molar-refractivity contribution in [2.75, 3.05) is 45.8 Å². The van der Waals surface area contributed by atoms with Crippen molar-refractivity contribution in [1.82, 2.24) is 19.6 Å². The van der Waals surface area contributed by atoms with Crippen molar-refractivity contribution >= 4 is 28.5 Å². The van der Waals surface area contributed by atoms with Gasteiger partial charge in [-0.1, -0.05) is 54.6 Å². The van der Waals surface area contributed by atoms with E-state index in [9.17, 15) is 14.4 Å². The van der Waals surface area contributed by atoms with Crippen LogP contribution in [0.2, 0.25) is 0 Å². The number of piperazine rings is 1. The molecule has 1 saturated heterocycles. The maximum absolute atomic E-state index is 13.1. The number of hydrogen-bond acceptors (Lipinski definition) is 5. The quantitative estimate of drug-likeness (QED) is 0.445. The first-order chi connectivity index (χ1) is 17.9. The second kappa shape index (κ2) is 10.8. The molecule has 2 aliphatic rings. The lowest BCUT2D eigenvalue weighted by Crippen LogP contribution is -2.52. The number of nitrogens with zero attached hydrogens (tertiary/aromatic N) is 4. The van der Waals surface area contributed by atoms with Crippen molar-refractivity contribution in [3.05, 3.63) is 83.4 Å². The Morgan fingerprint density at radius 1 is 0.784 bits per heavy atom. The SMILES string of the molecule is CC(C)N(Cc1ccccc1)C(=O)CN1CCN(CCN2C(=O)c3cccc4cccc(c34)C2=O)CC1. The summed E-state index contributed by atoms with van der Waals surface area (Å²) in [5, 5.41) is 1.68. The summed E-state index contributed by atoms with van der Waals surface area (Å²) in [5.74, 6) is -0.291. The van der Waals surface area contributed by atoms with Crippen molar-refractivity contribution in [1.29, 1.82) is 0 Å². The summed E-state index contributed by atoms with van der Waals surface area (Å²) in [6, 6.07) is 21.5. The highest BCUT2D eigenvalue weighted by Crippen LogP contribution is 2.29. The monoisotopic (exact) mass is 498 g/mol. The van der Waals surface area contributed by atoms with Crippen LogP contribution in [0.25, 0.3) is 10.8 Å². The third-order valence-corrected chi connectivity index (χ3v) is 7.46. The molecule has 37 heavy (non-hydrogen) atoms. The number of amides is 3. The minimum Gasteiger partial charge on any atom is -0.335 e. The third-order valence-electron chi connectivity index (χ3n) is 7.46. The molecule has 0 aromatic heterocycles. The van der Waals surface area contributed by atoms with Gasteiger partial charge in [-0.3, -0.25) is 29.1 Å². The van der Waals surface area contributed by atoms with Crippen molar-refractivity contribution in [3.8, 4) is 0 Å². The van der Waals surface area contributed by atoms with E-state index in [0.29, 0.717) is 37.3 Å². The predicted molar refractivity (Wildman–Crippen MR) is 144 cm³/mol. The van der Waals surface area contributed by atoms with E-state index in [1.54, 1.807) is 0 Å². The molecule has 7 nitrogen and oxygen atoms in total. The Kier molecular flexibility index (Phi) is 7.35. The molecule has 0 spiro atoms. The Morgan fingerprint density at radius 2 is 1.38 bits per heavy atom. The first-order valence-electron chi connectivity index (χ1n) is 13.1. The topological polar surface area (TPSA) is 64.2 Å². The average molecular weight is 499 g/mol. The van der Waals surface area contributed by atoms with Crippen LogP contribution in [0.1, 0.15) is 40.1 Å². The highest BCUT2D eigenvalue weighted by molar-refractivity contribution is 6.25. The molecule has 0 radical (unpaired) electrons. The number of benzene rings is 3. The molecule has 7 heteroatoms. The van der Waals surface area contributed by atoms with E-state index >= 15 is 0 Å². The zero-order chi connectivity index (χ0) is 25.9. The molecule has 0 aliphatic carbocycles. The van der Waals surface area contributed by atoms with Gasteiger partial charge in [-0.05, 0) is 36.9 Å². The lowest BCUT2D eigenvalue weighted by Gasteiger charge is -2.37. The summed E-state index contributed by atoms with van der Waals surface area (Å²) in [6.45, 7) is 9.30. The molecular formula is C30H34N4O3. The Bertz CT molecular complexity index is 1250. The van der Waals surface area contributed by atoms with E-state index in [1.165, 1.54) is 4.90 Å². The van der Waals surface area contributed by atoms with E-state index in [1.807, 2.05) is 59.5 Å². The minimum atomic E-state index is -0.217. The standard InChI is InChI=1S/C30H34N4O3/c1-22(2)34(20-23-8-4-3-5-9-23)27(35)21-32-16-14-31(15-17-32)18-19-33-29(36)25-12-6-10-24-11-7-13-26(28(24)25)30(33)37/h3-13,22H,14-21H2,1-2H3. The molecule has 3 aromatic carbocycles. The van der Waals surface area contributed by atoms with Gasteiger partial charge in [-0.15, -0.1) is 0 Å². The van der Waals surface area contributed by atoms with Gasteiger partial charge in [0.1, 0.15) is 0 Å². The van der Waals surface area contributed by atoms with Gasteiger partial charge in [-0.2, -0.15) is 0 Å². The molecule has 0 atom stereocenters. The lowest BCUT2D eigenvalue weighted by molar-refractivity contribution is -0.135. The molecule has 0 N–H and O–H groups in total. The molecule has 1 fully saturated rings. The minimum absolute atomic E-state index is 0.129. The second-order valence-electron chi connectivity index (χ2n) is 10.2. The highest BCUT2D eigenvalue weighted by Gasteiger charge is 2.33. The summed E-state index contributed by atoms with van der Waals surface area (Å²) in [7, 11) is 0. The smallest absolute Gasteiger partial charge is 0.261 e. The van der Waals surface area contributed by atoms with Gasteiger partial charge in [0.15, 0.2) is 0 Å². The fraction of sp³-hybridized carbons (Fsp3) is 0.367. The van der Waals surface area contributed by atoms with Gasteiger partial charge in [-0.25, -0.2) is 0 Å². The van der Waals surface area contributed by atoms with Crippen molar-refractivity contribution in [3.63, 3.8) is 0 Å². The average Bonchev–Trinajstić information content (AvgIpc) is 2.91. The van der Waals surface area contributed by atoms with Crippen LogP contribution in [0.4, 0.5) is 0 Å². The van der Waals surface area contributed by atoms with Gasteiger partial charge in [0.05, 0.1) is 6.54 Å². The molecule has 0 bridgehead atoms. The first-order valence-corrected chi connectivity index (χ1v) is 13.1. The number of carbonyl (C=O) groups excluding carboxylic acids is 3. The van der Waals surface area contributed by atoms with E-state index in [0.717, 1.165) is 42.5 Å². The Hall–Kier alpha value is -3.55. The maximum atomic E-state index is 13.1. The molecule has 2 heterocycles.